The molecule has 0 fully saturated rings. The molecule has 22 heavy (non-hydrogen) atoms. The molecule has 0 amide bonds. The summed E-state index contributed by atoms with van der Waals surface area (Å²) in [5.74, 6) is 1.70. The molecule has 2 N–H and O–H groups in total. The van der Waals surface area contributed by atoms with Crippen molar-refractivity contribution in [3.8, 4) is 5.75 Å². The Morgan fingerprint density at radius 1 is 1.45 bits per heavy atom. The van der Waals surface area contributed by atoms with Crippen LogP contribution in [-0.4, -0.2) is 12.1 Å². The van der Waals surface area contributed by atoms with Crippen LogP contribution in [0.4, 0.5) is 0 Å². The Hall–Kier alpha value is -1.39. The molecule has 0 bridgehead atoms. The number of hydrogen-bond donors (Lipinski definition) is 1. The van der Waals surface area contributed by atoms with Crippen LogP contribution >= 0.6 is 11.3 Å². The number of hydrogen-bond acceptors (Lipinski definition) is 4. The summed E-state index contributed by atoms with van der Waals surface area (Å²) in [7, 11) is 1.70. The molecule has 3 nitrogen and oxygen atoms in total. The topological polar surface area (TPSA) is 48.1 Å². The molecule has 0 saturated heterocycles. The summed E-state index contributed by atoms with van der Waals surface area (Å²) in [5, 5.41) is 1.18. The van der Waals surface area contributed by atoms with E-state index in [1.165, 1.54) is 28.4 Å². The van der Waals surface area contributed by atoms with Crippen LogP contribution in [0, 0.1) is 12.8 Å². The van der Waals surface area contributed by atoms with Crippen LogP contribution in [0.5, 0.6) is 5.75 Å². The molecular formula is C18H24N2OS. The summed E-state index contributed by atoms with van der Waals surface area (Å²) in [6, 6.07) is 6.18. The zero-order valence-electron chi connectivity index (χ0n) is 13.6. The van der Waals surface area contributed by atoms with Crippen LogP contribution in [0.2, 0.25) is 0 Å². The quantitative estimate of drug-likeness (QED) is 0.932. The van der Waals surface area contributed by atoms with Gasteiger partial charge in [-0.1, -0.05) is 19.1 Å². The van der Waals surface area contributed by atoms with Crippen molar-refractivity contribution in [3.63, 3.8) is 0 Å². The van der Waals surface area contributed by atoms with E-state index in [1.54, 1.807) is 7.11 Å². The molecule has 2 atom stereocenters. The molecule has 0 spiro atoms. The van der Waals surface area contributed by atoms with Gasteiger partial charge in [0.25, 0.3) is 0 Å². The van der Waals surface area contributed by atoms with Gasteiger partial charge in [0, 0.05) is 17.3 Å². The van der Waals surface area contributed by atoms with E-state index >= 15 is 0 Å². The Bertz CT molecular complexity index is 665. The van der Waals surface area contributed by atoms with Crippen LogP contribution in [0.15, 0.2) is 18.2 Å². The lowest BCUT2D eigenvalue weighted by Gasteiger charge is -2.15. The Morgan fingerprint density at radius 2 is 2.27 bits per heavy atom. The molecule has 1 aromatic carbocycles. The van der Waals surface area contributed by atoms with E-state index in [-0.39, 0.29) is 6.04 Å². The van der Waals surface area contributed by atoms with Crippen LogP contribution < -0.4 is 10.5 Å². The SMILES string of the molecule is COc1ccc(C(N)Cc2nc3c(s2)CC(C)CC3)cc1C. The van der Waals surface area contributed by atoms with Crippen molar-refractivity contribution in [1.82, 2.24) is 4.98 Å². The minimum Gasteiger partial charge on any atom is -0.496 e. The zero-order chi connectivity index (χ0) is 15.7. The Kier molecular flexibility index (Phi) is 4.50. The molecular weight excluding hydrogens is 292 g/mol. The van der Waals surface area contributed by atoms with Gasteiger partial charge in [0.2, 0.25) is 0 Å². The molecule has 0 aliphatic heterocycles. The standard InChI is InChI=1S/C18H24N2OS/c1-11-4-6-15-17(8-11)22-18(20-15)10-14(19)13-5-7-16(21-3)12(2)9-13/h5,7,9,11,14H,4,6,8,10,19H2,1-3H3. The normalized spacial score (nSPS) is 18.8. The number of nitrogens with two attached hydrogens (primary N) is 1. The predicted octanol–water partition coefficient (Wildman–Crippen LogP) is 3.83. The molecule has 2 aromatic rings. The molecule has 2 unspecified atom stereocenters. The van der Waals surface area contributed by atoms with Gasteiger partial charge in [-0.2, -0.15) is 0 Å². The van der Waals surface area contributed by atoms with Crippen LogP contribution in [0.3, 0.4) is 0 Å². The zero-order valence-corrected chi connectivity index (χ0v) is 14.4. The summed E-state index contributed by atoms with van der Waals surface area (Å²) in [4.78, 5) is 6.30. The first-order chi connectivity index (χ1) is 10.6. The van der Waals surface area contributed by atoms with Crippen LogP contribution in [0.1, 0.15) is 46.1 Å². The van der Waals surface area contributed by atoms with E-state index in [1.807, 2.05) is 17.4 Å². The van der Waals surface area contributed by atoms with Gasteiger partial charge in [0.05, 0.1) is 17.8 Å². The smallest absolute Gasteiger partial charge is 0.121 e. The monoisotopic (exact) mass is 316 g/mol. The number of fused-ring (bicyclic) bond motifs is 1. The first-order valence-corrected chi connectivity index (χ1v) is 8.76. The molecule has 0 radical (unpaired) electrons. The highest BCUT2D eigenvalue weighted by Gasteiger charge is 2.21. The van der Waals surface area contributed by atoms with Gasteiger partial charge in [0.1, 0.15) is 5.75 Å². The fourth-order valence-electron chi connectivity index (χ4n) is 3.12. The van der Waals surface area contributed by atoms with Crippen molar-refractivity contribution >= 4 is 11.3 Å². The Labute approximate surface area is 136 Å². The third-order valence-electron chi connectivity index (χ3n) is 4.47. The lowest BCUT2D eigenvalue weighted by atomic mass is 9.93. The number of methoxy groups -OCH3 is 1. The average molecular weight is 316 g/mol. The second kappa shape index (κ2) is 6.39. The van der Waals surface area contributed by atoms with Gasteiger partial charge in [0.15, 0.2) is 0 Å². The van der Waals surface area contributed by atoms with Gasteiger partial charge >= 0.3 is 0 Å². The lowest BCUT2D eigenvalue weighted by Crippen LogP contribution is -2.13. The fourth-order valence-corrected chi connectivity index (χ4v) is 4.46. The van der Waals surface area contributed by atoms with E-state index in [9.17, 15) is 0 Å². The number of ether oxygens (including phenoxy) is 1. The largest absolute Gasteiger partial charge is 0.496 e. The average Bonchev–Trinajstić information content (AvgIpc) is 2.88. The first kappa shape index (κ1) is 15.5. The van der Waals surface area contributed by atoms with E-state index in [4.69, 9.17) is 15.5 Å². The molecule has 118 valence electrons. The van der Waals surface area contributed by atoms with E-state index < -0.39 is 0 Å². The Morgan fingerprint density at radius 3 is 3.00 bits per heavy atom. The molecule has 1 aliphatic rings. The fraction of sp³-hybridized carbons (Fsp3) is 0.500. The number of benzene rings is 1. The third kappa shape index (κ3) is 3.18. The summed E-state index contributed by atoms with van der Waals surface area (Å²) in [6.45, 7) is 4.38. The number of aromatic nitrogens is 1. The number of nitrogens with zero attached hydrogens (tertiary/aromatic N) is 1. The first-order valence-electron chi connectivity index (χ1n) is 7.94. The van der Waals surface area contributed by atoms with Crippen molar-refractivity contribution in [3.05, 3.63) is 44.9 Å². The summed E-state index contributed by atoms with van der Waals surface area (Å²) in [5.41, 5.74) is 9.99. The number of thiazole rings is 1. The molecule has 4 heteroatoms. The van der Waals surface area contributed by atoms with Crippen molar-refractivity contribution < 1.29 is 4.74 Å². The summed E-state index contributed by atoms with van der Waals surface area (Å²) >= 11 is 1.86. The maximum atomic E-state index is 6.40. The Balaban J connectivity index is 1.74. The molecule has 3 rings (SSSR count). The molecule has 0 saturated carbocycles. The van der Waals surface area contributed by atoms with Gasteiger partial charge in [-0.3, -0.25) is 0 Å². The van der Waals surface area contributed by atoms with E-state index in [0.29, 0.717) is 0 Å². The molecule has 1 aromatic heterocycles. The minimum atomic E-state index is -0.00497. The van der Waals surface area contributed by atoms with Crippen LogP contribution in [-0.2, 0) is 19.3 Å². The van der Waals surface area contributed by atoms with Gasteiger partial charge in [-0.15, -0.1) is 11.3 Å². The van der Waals surface area contributed by atoms with Crippen molar-refractivity contribution in [2.45, 2.75) is 45.6 Å². The highest BCUT2D eigenvalue weighted by atomic mass is 32.1. The van der Waals surface area contributed by atoms with Crippen molar-refractivity contribution in [1.29, 1.82) is 0 Å². The van der Waals surface area contributed by atoms with Gasteiger partial charge in [-0.25, -0.2) is 4.98 Å². The van der Waals surface area contributed by atoms with Crippen LogP contribution in [0.25, 0.3) is 0 Å². The second-order valence-corrected chi connectivity index (χ2v) is 7.53. The minimum absolute atomic E-state index is 0.00497. The van der Waals surface area contributed by atoms with E-state index in [2.05, 4.69) is 26.0 Å². The van der Waals surface area contributed by atoms with E-state index in [0.717, 1.165) is 35.6 Å². The number of aryl methyl sites for hydroxylation is 2. The summed E-state index contributed by atoms with van der Waals surface area (Å²) < 4.78 is 5.31. The van der Waals surface area contributed by atoms with Gasteiger partial charge in [-0.05, 0) is 49.3 Å². The van der Waals surface area contributed by atoms with Gasteiger partial charge < -0.3 is 10.5 Å². The van der Waals surface area contributed by atoms with Crippen molar-refractivity contribution in [2.75, 3.05) is 7.11 Å². The number of rotatable bonds is 4. The third-order valence-corrected chi connectivity index (χ3v) is 5.61. The highest BCUT2D eigenvalue weighted by Crippen LogP contribution is 2.31. The maximum absolute atomic E-state index is 6.40. The molecule has 1 aliphatic carbocycles. The lowest BCUT2D eigenvalue weighted by molar-refractivity contribution is 0.411. The summed E-state index contributed by atoms with van der Waals surface area (Å²) in [6.07, 6.45) is 4.39. The second-order valence-electron chi connectivity index (χ2n) is 6.37. The highest BCUT2D eigenvalue weighted by molar-refractivity contribution is 7.11. The maximum Gasteiger partial charge on any atom is 0.121 e. The predicted molar refractivity (Wildman–Crippen MR) is 91.7 cm³/mol. The van der Waals surface area contributed by atoms with Crippen molar-refractivity contribution in [2.24, 2.45) is 11.7 Å². The molecule has 1 heterocycles.